The second-order valence-electron chi connectivity index (χ2n) is 2.22. The van der Waals surface area contributed by atoms with Gasteiger partial charge in [-0.05, 0) is 27.8 Å². The summed E-state index contributed by atoms with van der Waals surface area (Å²) in [5.41, 5.74) is 0. The van der Waals surface area contributed by atoms with Crippen LogP contribution in [0.4, 0.5) is 5.82 Å². The van der Waals surface area contributed by atoms with Crippen molar-refractivity contribution >= 4 is 21.7 Å². The fraction of sp³-hybridized carbons (Fsp3) is 0.500. The van der Waals surface area contributed by atoms with E-state index in [-0.39, 0.29) is 12.5 Å². The molecule has 0 fully saturated rings. The van der Waals surface area contributed by atoms with Crippen LogP contribution in [-0.4, -0.2) is 21.3 Å². The first-order valence-corrected chi connectivity index (χ1v) is 4.39. The lowest BCUT2D eigenvalue weighted by molar-refractivity contribution is -0.390. The Labute approximate surface area is 82.8 Å². The average Bonchev–Trinajstić information content (AvgIpc) is 2.43. The summed E-state index contributed by atoms with van der Waals surface area (Å²) in [6, 6.07) is 0. The molecule has 0 bridgehead atoms. The molecule has 0 aliphatic heterocycles. The van der Waals surface area contributed by atoms with Crippen molar-refractivity contribution in [1.82, 2.24) is 9.78 Å². The molecule has 0 atom stereocenters. The zero-order valence-electron chi connectivity index (χ0n) is 6.94. The molecular formula is C6H8BrN3O3. The smallest absolute Gasteiger partial charge is 0.358 e. The molecule has 1 aromatic rings. The first kappa shape index (κ1) is 10.1. The molecule has 0 spiro atoms. The van der Waals surface area contributed by atoms with Crippen molar-refractivity contribution in [2.75, 3.05) is 6.61 Å². The van der Waals surface area contributed by atoms with Crippen molar-refractivity contribution in [2.24, 2.45) is 0 Å². The highest BCUT2D eigenvalue weighted by Crippen LogP contribution is 2.21. The predicted molar refractivity (Wildman–Crippen MR) is 48.2 cm³/mol. The number of nitro groups is 1. The fourth-order valence-corrected chi connectivity index (χ4v) is 1.22. The average molecular weight is 250 g/mol. The third-order valence-corrected chi connectivity index (χ3v) is 1.86. The topological polar surface area (TPSA) is 70.2 Å². The number of halogens is 1. The Morgan fingerprint density at radius 1 is 1.85 bits per heavy atom. The number of ether oxygens (including phenoxy) is 1. The molecule has 0 radical (unpaired) electrons. The molecule has 0 N–H and O–H groups in total. The Hall–Kier alpha value is -0.950. The third-order valence-electron chi connectivity index (χ3n) is 1.30. The predicted octanol–water partition coefficient (Wildman–Crippen LogP) is 1.55. The van der Waals surface area contributed by atoms with Crippen molar-refractivity contribution in [2.45, 2.75) is 13.7 Å². The minimum absolute atomic E-state index is 0.195. The number of hydrogen-bond acceptors (Lipinski definition) is 4. The molecule has 0 aromatic carbocycles. The maximum absolute atomic E-state index is 10.4. The Morgan fingerprint density at radius 3 is 3.00 bits per heavy atom. The van der Waals surface area contributed by atoms with Crippen LogP contribution in [0.1, 0.15) is 6.92 Å². The van der Waals surface area contributed by atoms with Gasteiger partial charge >= 0.3 is 5.82 Å². The Bertz CT molecular complexity index is 312. The summed E-state index contributed by atoms with van der Waals surface area (Å²) >= 11 is 3.03. The number of hydrogen-bond donors (Lipinski definition) is 0. The molecule has 6 nitrogen and oxygen atoms in total. The standard InChI is InChI=1S/C6H8BrN3O3/c1-2-13-4-9-3-5(7)6(8-9)10(11)12/h3H,2,4H2,1H3. The van der Waals surface area contributed by atoms with E-state index < -0.39 is 4.92 Å². The largest absolute Gasteiger partial charge is 0.404 e. The van der Waals surface area contributed by atoms with Crippen molar-refractivity contribution in [1.29, 1.82) is 0 Å². The van der Waals surface area contributed by atoms with E-state index in [2.05, 4.69) is 21.0 Å². The molecule has 0 saturated heterocycles. The highest BCUT2D eigenvalue weighted by atomic mass is 79.9. The molecule has 1 rings (SSSR count). The van der Waals surface area contributed by atoms with Crippen molar-refractivity contribution in [3.8, 4) is 0 Å². The zero-order chi connectivity index (χ0) is 9.84. The first-order chi connectivity index (χ1) is 6.15. The van der Waals surface area contributed by atoms with E-state index in [0.29, 0.717) is 11.1 Å². The molecule has 1 aromatic heterocycles. The maximum Gasteiger partial charge on any atom is 0.404 e. The van der Waals surface area contributed by atoms with Gasteiger partial charge in [-0.25, -0.2) is 0 Å². The van der Waals surface area contributed by atoms with Crippen molar-refractivity contribution < 1.29 is 9.66 Å². The summed E-state index contributed by atoms with van der Waals surface area (Å²) in [4.78, 5) is 9.82. The molecule has 72 valence electrons. The highest BCUT2D eigenvalue weighted by molar-refractivity contribution is 9.10. The van der Waals surface area contributed by atoms with Crippen LogP contribution in [0, 0.1) is 10.1 Å². The van der Waals surface area contributed by atoms with Crippen LogP contribution in [0.15, 0.2) is 10.7 Å². The molecule has 13 heavy (non-hydrogen) atoms. The molecule has 0 saturated carbocycles. The quantitative estimate of drug-likeness (QED) is 0.600. The highest BCUT2D eigenvalue weighted by Gasteiger charge is 2.17. The Balaban J connectivity index is 2.76. The van der Waals surface area contributed by atoms with E-state index in [1.165, 1.54) is 10.9 Å². The van der Waals surface area contributed by atoms with Gasteiger partial charge in [0.05, 0.1) is 11.3 Å². The summed E-state index contributed by atoms with van der Waals surface area (Å²) in [6.45, 7) is 2.61. The van der Waals surface area contributed by atoms with Gasteiger partial charge in [-0.15, -0.1) is 0 Å². The molecule has 1 heterocycles. The molecule has 0 aliphatic carbocycles. The van der Waals surface area contributed by atoms with Gasteiger partial charge in [0.25, 0.3) is 0 Å². The number of nitrogens with zero attached hydrogens (tertiary/aromatic N) is 3. The van der Waals surface area contributed by atoms with Crippen molar-refractivity contribution in [3.63, 3.8) is 0 Å². The van der Waals surface area contributed by atoms with Gasteiger partial charge in [0.2, 0.25) is 0 Å². The van der Waals surface area contributed by atoms with Crippen LogP contribution in [0.5, 0.6) is 0 Å². The lowest BCUT2D eigenvalue weighted by Crippen LogP contribution is -2.03. The normalized spacial score (nSPS) is 10.3. The third kappa shape index (κ3) is 2.49. The second-order valence-corrected chi connectivity index (χ2v) is 3.07. The van der Waals surface area contributed by atoms with Crippen LogP contribution >= 0.6 is 15.9 Å². The summed E-state index contributed by atoms with van der Waals surface area (Å²) < 4.78 is 6.75. The van der Waals surface area contributed by atoms with E-state index in [4.69, 9.17) is 4.74 Å². The molecule has 0 amide bonds. The molecule has 7 heteroatoms. The van der Waals surface area contributed by atoms with Gasteiger partial charge in [-0.2, -0.15) is 4.68 Å². The zero-order valence-corrected chi connectivity index (χ0v) is 8.52. The molecular weight excluding hydrogens is 242 g/mol. The SMILES string of the molecule is CCOCn1cc(Br)c([N+](=O)[O-])n1. The van der Waals surface area contributed by atoms with Crippen LogP contribution in [0.2, 0.25) is 0 Å². The number of rotatable bonds is 4. The number of aromatic nitrogens is 2. The Morgan fingerprint density at radius 2 is 2.54 bits per heavy atom. The Kier molecular flexibility index (Phi) is 3.38. The fourth-order valence-electron chi connectivity index (χ4n) is 0.762. The second kappa shape index (κ2) is 4.33. The van der Waals surface area contributed by atoms with Crippen LogP contribution in [0.3, 0.4) is 0 Å². The van der Waals surface area contributed by atoms with Gasteiger partial charge in [-0.3, -0.25) is 0 Å². The van der Waals surface area contributed by atoms with E-state index >= 15 is 0 Å². The minimum atomic E-state index is -0.549. The van der Waals surface area contributed by atoms with Crippen LogP contribution in [0.25, 0.3) is 0 Å². The van der Waals surface area contributed by atoms with E-state index in [0.717, 1.165) is 0 Å². The molecule has 0 aliphatic rings. The van der Waals surface area contributed by atoms with Gasteiger partial charge in [0.1, 0.15) is 4.47 Å². The summed E-state index contributed by atoms with van der Waals surface area (Å²) in [5.74, 6) is -0.195. The van der Waals surface area contributed by atoms with Crippen molar-refractivity contribution in [3.05, 3.63) is 20.8 Å². The lowest BCUT2D eigenvalue weighted by Gasteiger charge is -1.94. The van der Waals surface area contributed by atoms with Gasteiger partial charge < -0.3 is 14.9 Å². The summed E-state index contributed by atoms with van der Waals surface area (Å²) in [7, 11) is 0. The summed E-state index contributed by atoms with van der Waals surface area (Å²) in [5, 5.41) is 14.1. The van der Waals surface area contributed by atoms with E-state index in [1.54, 1.807) is 0 Å². The van der Waals surface area contributed by atoms with Gasteiger partial charge in [0.15, 0.2) is 6.73 Å². The maximum atomic E-state index is 10.4. The lowest BCUT2D eigenvalue weighted by atomic mass is 10.7. The first-order valence-electron chi connectivity index (χ1n) is 3.60. The summed E-state index contributed by atoms with van der Waals surface area (Å²) in [6.07, 6.45) is 1.51. The van der Waals surface area contributed by atoms with E-state index in [9.17, 15) is 10.1 Å². The molecule has 0 unspecified atom stereocenters. The monoisotopic (exact) mass is 249 g/mol. The van der Waals surface area contributed by atoms with Gasteiger partial charge in [-0.1, -0.05) is 0 Å². The van der Waals surface area contributed by atoms with Crippen LogP contribution in [-0.2, 0) is 11.5 Å². The van der Waals surface area contributed by atoms with E-state index in [1.807, 2.05) is 6.92 Å². The van der Waals surface area contributed by atoms with Crippen LogP contribution < -0.4 is 0 Å². The van der Waals surface area contributed by atoms with Gasteiger partial charge in [0, 0.05) is 6.61 Å². The minimum Gasteiger partial charge on any atom is -0.358 e.